The van der Waals surface area contributed by atoms with E-state index in [4.69, 9.17) is 0 Å². The van der Waals surface area contributed by atoms with Gasteiger partial charge in [0.1, 0.15) is 0 Å². The highest BCUT2D eigenvalue weighted by Crippen LogP contribution is 2.25. The maximum atomic E-state index is 11.6. The van der Waals surface area contributed by atoms with Crippen molar-refractivity contribution in [2.75, 3.05) is 13.3 Å². The molecule has 3 nitrogen and oxygen atoms in total. The molecule has 0 aliphatic carbocycles. The van der Waals surface area contributed by atoms with Crippen LogP contribution in [-0.4, -0.2) is 27.0 Å². The van der Waals surface area contributed by atoms with Gasteiger partial charge in [0.25, 0.3) is 0 Å². The summed E-state index contributed by atoms with van der Waals surface area (Å²) < 4.78 is 23.3. The van der Waals surface area contributed by atoms with Crippen molar-refractivity contribution in [3.8, 4) is 0 Å². The first-order chi connectivity index (χ1) is 7.77. The zero-order chi connectivity index (χ0) is 13.2. The lowest BCUT2D eigenvalue weighted by molar-refractivity contribution is 0.533. The van der Waals surface area contributed by atoms with Gasteiger partial charge in [-0.05, 0) is 38.9 Å². The molecule has 17 heavy (non-hydrogen) atoms. The second-order valence-electron chi connectivity index (χ2n) is 4.66. The van der Waals surface area contributed by atoms with Gasteiger partial charge in [0.05, 0.1) is 5.25 Å². The molecule has 0 amide bonds. The van der Waals surface area contributed by atoms with E-state index in [1.54, 1.807) is 14.0 Å². The van der Waals surface area contributed by atoms with Gasteiger partial charge in [-0.25, -0.2) is 8.42 Å². The lowest BCUT2D eigenvalue weighted by Gasteiger charge is -2.24. The number of sulfone groups is 1. The molecule has 0 spiro atoms. The number of rotatable bonds is 4. The van der Waals surface area contributed by atoms with Gasteiger partial charge in [-0.1, -0.05) is 23.8 Å². The van der Waals surface area contributed by atoms with Gasteiger partial charge < -0.3 is 5.32 Å². The van der Waals surface area contributed by atoms with E-state index in [0.29, 0.717) is 0 Å². The number of nitrogens with one attached hydrogen (secondary N) is 1. The predicted molar refractivity (Wildman–Crippen MR) is 72.0 cm³/mol. The molecule has 1 N–H and O–H groups in total. The first-order valence-corrected chi connectivity index (χ1v) is 7.66. The Hall–Kier alpha value is -0.870. The summed E-state index contributed by atoms with van der Waals surface area (Å²) in [6, 6.07) is 5.94. The van der Waals surface area contributed by atoms with Gasteiger partial charge >= 0.3 is 0 Å². The molecule has 0 aromatic heterocycles. The van der Waals surface area contributed by atoms with Crippen molar-refractivity contribution in [3.63, 3.8) is 0 Å². The molecule has 96 valence electrons. The summed E-state index contributed by atoms with van der Waals surface area (Å²) in [5, 5.41) is 2.67. The zero-order valence-corrected chi connectivity index (χ0v) is 11.9. The van der Waals surface area contributed by atoms with Crippen molar-refractivity contribution >= 4 is 9.84 Å². The van der Waals surface area contributed by atoms with Crippen LogP contribution < -0.4 is 5.32 Å². The van der Waals surface area contributed by atoms with E-state index in [0.717, 1.165) is 11.1 Å². The Morgan fingerprint density at radius 1 is 1.24 bits per heavy atom. The zero-order valence-electron chi connectivity index (χ0n) is 11.1. The highest BCUT2D eigenvalue weighted by molar-refractivity contribution is 7.91. The SMILES string of the molecule is CNC(c1ccc(C)cc1C)C(C)S(C)(=O)=O. The van der Waals surface area contributed by atoms with E-state index in [1.807, 2.05) is 26.0 Å². The van der Waals surface area contributed by atoms with Crippen molar-refractivity contribution in [2.45, 2.75) is 32.1 Å². The van der Waals surface area contributed by atoms with E-state index < -0.39 is 15.1 Å². The molecule has 0 aliphatic rings. The summed E-state index contributed by atoms with van der Waals surface area (Å²) >= 11 is 0. The Kier molecular flexibility index (Phi) is 4.33. The van der Waals surface area contributed by atoms with Gasteiger partial charge in [-0.2, -0.15) is 0 Å². The second-order valence-corrected chi connectivity index (χ2v) is 7.06. The first-order valence-electron chi connectivity index (χ1n) is 5.70. The van der Waals surface area contributed by atoms with E-state index in [9.17, 15) is 8.42 Å². The van der Waals surface area contributed by atoms with E-state index in [1.165, 1.54) is 11.8 Å². The fourth-order valence-corrected chi connectivity index (χ4v) is 2.84. The molecule has 1 aromatic rings. The van der Waals surface area contributed by atoms with Gasteiger partial charge in [-0.3, -0.25) is 0 Å². The van der Waals surface area contributed by atoms with Crippen LogP contribution in [0.5, 0.6) is 0 Å². The highest BCUT2D eigenvalue weighted by atomic mass is 32.2. The molecule has 4 heteroatoms. The molecular weight excluding hydrogens is 234 g/mol. The van der Waals surface area contributed by atoms with Crippen molar-refractivity contribution in [2.24, 2.45) is 0 Å². The quantitative estimate of drug-likeness (QED) is 0.895. The molecule has 0 saturated heterocycles. The monoisotopic (exact) mass is 255 g/mol. The lowest BCUT2D eigenvalue weighted by Crippen LogP contribution is -2.33. The maximum absolute atomic E-state index is 11.6. The van der Waals surface area contributed by atoms with Gasteiger partial charge in [0.15, 0.2) is 9.84 Å². The van der Waals surface area contributed by atoms with Crippen molar-refractivity contribution in [1.29, 1.82) is 0 Å². The molecule has 0 radical (unpaired) electrons. The van der Waals surface area contributed by atoms with E-state index in [-0.39, 0.29) is 6.04 Å². The van der Waals surface area contributed by atoms with Crippen molar-refractivity contribution in [3.05, 3.63) is 34.9 Å². The van der Waals surface area contributed by atoms with Crippen LogP contribution in [0.2, 0.25) is 0 Å². The van der Waals surface area contributed by atoms with Crippen molar-refractivity contribution in [1.82, 2.24) is 5.32 Å². The molecule has 0 saturated carbocycles. The van der Waals surface area contributed by atoms with Crippen LogP contribution in [0.15, 0.2) is 18.2 Å². The summed E-state index contributed by atoms with van der Waals surface area (Å²) in [5.74, 6) is 0. The molecule has 0 heterocycles. The molecule has 2 unspecified atom stereocenters. The molecule has 0 aliphatic heterocycles. The molecule has 0 bridgehead atoms. The molecule has 1 aromatic carbocycles. The summed E-state index contributed by atoms with van der Waals surface area (Å²) in [6.45, 7) is 5.79. The number of hydrogen-bond donors (Lipinski definition) is 1. The maximum Gasteiger partial charge on any atom is 0.151 e. The average molecular weight is 255 g/mol. The van der Waals surface area contributed by atoms with Crippen LogP contribution in [0.25, 0.3) is 0 Å². The fourth-order valence-electron chi connectivity index (χ4n) is 2.06. The average Bonchev–Trinajstić information content (AvgIpc) is 2.20. The molecular formula is C13H21NO2S. The first kappa shape index (κ1) is 14.2. The van der Waals surface area contributed by atoms with Crippen LogP contribution in [0.1, 0.15) is 29.7 Å². The van der Waals surface area contributed by atoms with E-state index in [2.05, 4.69) is 11.4 Å². The summed E-state index contributed by atoms with van der Waals surface area (Å²) in [6.07, 6.45) is 1.28. The third-order valence-corrected chi connectivity index (χ3v) is 4.84. The van der Waals surface area contributed by atoms with Crippen LogP contribution >= 0.6 is 0 Å². The van der Waals surface area contributed by atoms with Crippen LogP contribution in [0.4, 0.5) is 0 Å². The minimum atomic E-state index is -3.05. The Bertz CT molecular complexity index is 494. The Morgan fingerprint density at radius 2 is 1.82 bits per heavy atom. The van der Waals surface area contributed by atoms with Crippen LogP contribution in [0, 0.1) is 13.8 Å². The highest BCUT2D eigenvalue weighted by Gasteiger charge is 2.26. The predicted octanol–water partition coefficient (Wildman–Crippen LogP) is 2.00. The van der Waals surface area contributed by atoms with Gasteiger partial charge in [0.2, 0.25) is 0 Å². The van der Waals surface area contributed by atoms with Gasteiger partial charge in [0, 0.05) is 12.3 Å². The van der Waals surface area contributed by atoms with Gasteiger partial charge in [-0.15, -0.1) is 0 Å². The number of hydrogen-bond acceptors (Lipinski definition) is 3. The van der Waals surface area contributed by atoms with Crippen LogP contribution in [-0.2, 0) is 9.84 Å². The smallest absolute Gasteiger partial charge is 0.151 e. The standard InChI is InChI=1S/C13H21NO2S/c1-9-6-7-12(10(2)8-9)13(14-4)11(3)17(5,15)16/h6-8,11,13-14H,1-5H3. The Labute approximate surface area is 104 Å². The minimum absolute atomic E-state index is 0.161. The molecule has 0 fully saturated rings. The van der Waals surface area contributed by atoms with Crippen molar-refractivity contribution < 1.29 is 8.42 Å². The number of aryl methyl sites for hydroxylation is 2. The third kappa shape index (κ3) is 3.30. The topological polar surface area (TPSA) is 46.2 Å². The normalized spacial score (nSPS) is 15.6. The third-order valence-electron chi connectivity index (χ3n) is 3.22. The van der Waals surface area contributed by atoms with Crippen LogP contribution in [0.3, 0.4) is 0 Å². The lowest BCUT2D eigenvalue weighted by atomic mass is 9.97. The fraction of sp³-hybridized carbons (Fsp3) is 0.538. The summed E-state index contributed by atoms with van der Waals surface area (Å²) in [5.41, 5.74) is 3.36. The van der Waals surface area contributed by atoms with E-state index >= 15 is 0 Å². The largest absolute Gasteiger partial charge is 0.312 e. The summed E-state index contributed by atoms with van der Waals surface area (Å²) in [7, 11) is -1.25. The second kappa shape index (κ2) is 5.19. The Morgan fingerprint density at radius 3 is 2.24 bits per heavy atom. The molecule has 1 rings (SSSR count). The minimum Gasteiger partial charge on any atom is -0.312 e. The number of benzene rings is 1. The molecule has 2 atom stereocenters. The summed E-state index contributed by atoms with van der Waals surface area (Å²) in [4.78, 5) is 0. The Balaban J connectivity index is 3.19.